The van der Waals surface area contributed by atoms with E-state index in [0.29, 0.717) is 12.1 Å². The Morgan fingerprint density at radius 1 is 1.16 bits per heavy atom. The van der Waals surface area contributed by atoms with Gasteiger partial charge in [0, 0.05) is 47.4 Å². The van der Waals surface area contributed by atoms with Crippen molar-refractivity contribution in [2.75, 3.05) is 0 Å². The number of nitrogens with zero attached hydrogens (tertiary/aromatic N) is 2. The molecule has 6 heteroatoms. The van der Waals surface area contributed by atoms with Crippen LogP contribution in [-0.2, 0) is 13.6 Å². The monoisotopic (exact) mass is 337 g/mol. The molecule has 0 unspecified atom stereocenters. The van der Waals surface area contributed by atoms with Crippen LogP contribution in [0.4, 0.5) is 5.69 Å². The Morgan fingerprint density at radius 2 is 1.92 bits per heavy atom. The lowest BCUT2D eigenvalue weighted by Gasteiger charge is -2.07. The summed E-state index contributed by atoms with van der Waals surface area (Å²) in [6, 6.07) is 12.6. The molecule has 0 atom stereocenters. The Kier molecular flexibility index (Phi) is 4.27. The van der Waals surface area contributed by atoms with Crippen molar-refractivity contribution in [3.63, 3.8) is 0 Å². The molecule has 0 aliphatic rings. The van der Waals surface area contributed by atoms with Crippen LogP contribution in [0.2, 0.25) is 0 Å². The normalized spacial score (nSPS) is 10.8. The molecule has 0 spiro atoms. The van der Waals surface area contributed by atoms with Gasteiger partial charge in [-0.3, -0.25) is 14.9 Å². The van der Waals surface area contributed by atoms with Crippen LogP contribution in [0.5, 0.6) is 0 Å². The van der Waals surface area contributed by atoms with Crippen LogP contribution in [0, 0.1) is 24.0 Å². The topological polar surface area (TPSA) is 77.2 Å². The lowest BCUT2D eigenvalue weighted by Crippen LogP contribution is -2.22. The highest BCUT2D eigenvalue weighted by Gasteiger charge is 2.15. The van der Waals surface area contributed by atoms with E-state index in [4.69, 9.17) is 0 Å². The second-order valence-electron chi connectivity index (χ2n) is 6.18. The number of hydrogen-bond donors (Lipinski definition) is 1. The van der Waals surface area contributed by atoms with E-state index in [1.165, 1.54) is 11.8 Å². The summed E-state index contributed by atoms with van der Waals surface area (Å²) in [6.07, 6.45) is 0. The molecular formula is C19H19N3O3. The van der Waals surface area contributed by atoms with Crippen molar-refractivity contribution in [1.29, 1.82) is 0 Å². The van der Waals surface area contributed by atoms with Gasteiger partial charge in [-0.1, -0.05) is 12.1 Å². The van der Waals surface area contributed by atoms with Crippen molar-refractivity contribution in [2.45, 2.75) is 20.4 Å². The molecule has 1 heterocycles. The SMILES string of the molecule is Cc1ccc(C(=O)NCc2ccc3c(c2)cc(C)n3C)cc1[N+](=O)[O-]. The third-order valence-corrected chi connectivity index (χ3v) is 4.47. The van der Waals surface area contributed by atoms with Gasteiger partial charge < -0.3 is 9.88 Å². The second kappa shape index (κ2) is 6.39. The summed E-state index contributed by atoms with van der Waals surface area (Å²) >= 11 is 0. The fourth-order valence-corrected chi connectivity index (χ4v) is 2.88. The first-order chi connectivity index (χ1) is 11.9. The molecule has 128 valence electrons. The highest BCUT2D eigenvalue weighted by atomic mass is 16.6. The minimum absolute atomic E-state index is 0.0474. The van der Waals surface area contributed by atoms with Crippen molar-refractivity contribution < 1.29 is 9.72 Å². The zero-order chi connectivity index (χ0) is 18.1. The second-order valence-corrected chi connectivity index (χ2v) is 6.18. The van der Waals surface area contributed by atoms with E-state index in [2.05, 4.69) is 16.0 Å². The van der Waals surface area contributed by atoms with Crippen LogP contribution >= 0.6 is 0 Å². The smallest absolute Gasteiger partial charge is 0.273 e. The van der Waals surface area contributed by atoms with Crippen molar-refractivity contribution in [2.24, 2.45) is 7.05 Å². The fraction of sp³-hybridized carbons (Fsp3) is 0.211. The molecule has 1 aromatic heterocycles. The van der Waals surface area contributed by atoms with Crippen LogP contribution < -0.4 is 5.32 Å². The summed E-state index contributed by atoms with van der Waals surface area (Å²) in [5.74, 6) is -0.326. The molecule has 1 N–H and O–H groups in total. The van der Waals surface area contributed by atoms with E-state index in [9.17, 15) is 14.9 Å². The quantitative estimate of drug-likeness (QED) is 0.583. The number of benzene rings is 2. The number of fused-ring (bicyclic) bond motifs is 1. The molecule has 2 aromatic carbocycles. The zero-order valence-electron chi connectivity index (χ0n) is 14.4. The van der Waals surface area contributed by atoms with Gasteiger partial charge in [0.1, 0.15) is 0 Å². The van der Waals surface area contributed by atoms with Crippen LogP contribution in [0.25, 0.3) is 10.9 Å². The predicted molar refractivity (Wildman–Crippen MR) is 96.7 cm³/mol. The molecule has 6 nitrogen and oxygen atoms in total. The predicted octanol–water partition coefficient (Wildman–Crippen LogP) is 3.63. The average Bonchev–Trinajstić information content (AvgIpc) is 2.86. The summed E-state index contributed by atoms with van der Waals surface area (Å²) in [4.78, 5) is 22.8. The van der Waals surface area contributed by atoms with Gasteiger partial charge in [-0.15, -0.1) is 0 Å². The third-order valence-electron chi connectivity index (χ3n) is 4.47. The van der Waals surface area contributed by atoms with E-state index in [1.54, 1.807) is 19.1 Å². The molecule has 3 rings (SSSR count). The van der Waals surface area contributed by atoms with Gasteiger partial charge in [0.05, 0.1) is 4.92 Å². The maximum Gasteiger partial charge on any atom is 0.273 e. The van der Waals surface area contributed by atoms with Gasteiger partial charge in [-0.05, 0) is 43.7 Å². The summed E-state index contributed by atoms with van der Waals surface area (Å²) in [5.41, 5.74) is 4.06. The molecule has 1 amide bonds. The van der Waals surface area contributed by atoms with E-state index in [-0.39, 0.29) is 17.2 Å². The van der Waals surface area contributed by atoms with Crippen molar-refractivity contribution in [3.05, 3.63) is 75.0 Å². The van der Waals surface area contributed by atoms with Crippen LogP contribution in [0.1, 0.15) is 27.2 Å². The van der Waals surface area contributed by atoms with Gasteiger partial charge in [0.15, 0.2) is 0 Å². The molecular weight excluding hydrogens is 318 g/mol. The van der Waals surface area contributed by atoms with Crippen LogP contribution in [0.15, 0.2) is 42.5 Å². The van der Waals surface area contributed by atoms with Gasteiger partial charge in [-0.2, -0.15) is 0 Å². The van der Waals surface area contributed by atoms with Gasteiger partial charge >= 0.3 is 0 Å². The molecule has 0 bridgehead atoms. The third kappa shape index (κ3) is 3.24. The lowest BCUT2D eigenvalue weighted by molar-refractivity contribution is -0.385. The molecule has 0 radical (unpaired) electrons. The molecule has 0 fully saturated rings. The number of aromatic nitrogens is 1. The summed E-state index contributed by atoms with van der Waals surface area (Å²) in [6.45, 7) is 4.06. The molecule has 3 aromatic rings. The van der Waals surface area contributed by atoms with Gasteiger partial charge in [0.2, 0.25) is 0 Å². The van der Waals surface area contributed by atoms with E-state index in [1.807, 2.05) is 32.2 Å². The fourth-order valence-electron chi connectivity index (χ4n) is 2.88. The first kappa shape index (κ1) is 16.7. The zero-order valence-corrected chi connectivity index (χ0v) is 14.4. The van der Waals surface area contributed by atoms with Crippen molar-refractivity contribution in [1.82, 2.24) is 9.88 Å². The largest absolute Gasteiger partial charge is 0.348 e. The summed E-state index contributed by atoms with van der Waals surface area (Å²) < 4.78 is 2.11. The minimum Gasteiger partial charge on any atom is -0.348 e. The molecule has 0 aliphatic carbocycles. The maximum absolute atomic E-state index is 12.3. The Hall–Kier alpha value is -3.15. The van der Waals surface area contributed by atoms with E-state index >= 15 is 0 Å². The number of hydrogen-bond acceptors (Lipinski definition) is 3. The molecule has 0 saturated carbocycles. The number of carbonyl (C=O) groups is 1. The van der Waals surface area contributed by atoms with Crippen LogP contribution in [0.3, 0.4) is 0 Å². The summed E-state index contributed by atoms with van der Waals surface area (Å²) in [7, 11) is 2.02. The van der Waals surface area contributed by atoms with Crippen LogP contribution in [-0.4, -0.2) is 15.4 Å². The molecule has 0 saturated heterocycles. The number of amides is 1. The Bertz CT molecular complexity index is 989. The minimum atomic E-state index is -0.474. The number of nitro groups is 1. The average molecular weight is 337 g/mol. The van der Waals surface area contributed by atoms with Crippen molar-refractivity contribution in [3.8, 4) is 0 Å². The highest BCUT2D eigenvalue weighted by Crippen LogP contribution is 2.21. The highest BCUT2D eigenvalue weighted by molar-refractivity contribution is 5.95. The Morgan fingerprint density at radius 3 is 2.64 bits per heavy atom. The Labute approximate surface area is 145 Å². The first-order valence-corrected chi connectivity index (χ1v) is 7.95. The molecule has 25 heavy (non-hydrogen) atoms. The van der Waals surface area contributed by atoms with Crippen molar-refractivity contribution >= 4 is 22.5 Å². The maximum atomic E-state index is 12.3. The number of rotatable bonds is 4. The lowest BCUT2D eigenvalue weighted by atomic mass is 10.1. The number of nitro benzene ring substituents is 1. The van der Waals surface area contributed by atoms with Gasteiger partial charge in [0.25, 0.3) is 11.6 Å². The Balaban J connectivity index is 1.76. The number of aryl methyl sites for hydroxylation is 3. The number of carbonyl (C=O) groups excluding carboxylic acids is 1. The number of nitrogens with one attached hydrogen (secondary N) is 1. The van der Waals surface area contributed by atoms with E-state index in [0.717, 1.165) is 16.5 Å². The summed E-state index contributed by atoms with van der Waals surface area (Å²) in [5, 5.41) is 14.9. The first-order valence-electron chi connectivity index (χ1n) is 7.95. The van der Waals surface area contributed by atoms with E-state index < -0.39 is 4.92 Å². The standard InChI is InChI=1S/C19H19N3O3/c1-12-4-6-15(10-18(12)22(24)25)19(23)20-11-14-5-7-17-16(9-14)8-13(2)21(17)3/h4-10H,11H2,1-3H3,(H,20,23). The van der Waals surface area contributed by atoms with Gasteiger partial charge in [-0.25, -0.2) is 0 Å². The molecule has 0 aliphatic heterocycles.